The van der Waals surface area contributed by atoms with E-state index in [4.69, 9.17) is 0 Å². The Morgan fingerprint density at radius 1 is 1.25 bits per heavy atom. The van der Waals surface area contributed by atoms with Crippen molar-refractivity contribution in [3.05, 3.63) is 47.8 Å². The minimum atomic E-state index is -3.51. The van der Waals surface area contributed by atoms with Gasteiger partial charge in [-0.2, -0.15) is 9.40 Å². The highest BCUT2D eigenvalue weighted by Gasteiger charge is 2.26. The van der Waals surface area contributed by atoms with E-state index in [0.717, 1.165) is 5.56 Å². The molecule has 0 N–H and O–H groups in total. The van der Waals surface area contributed by atoms with E-state index >= 15 is 0 Å². The highest BCUT2D eigenvalue weighted by molar-refractivity contribution is 7.89. The highest BCUT2D eigenvalue weighted by atomic mass is 32.2. The van der Waals surface area contributed by atoms with Gasteiger partial charge in [-0.25, -0.2) is 8.42 Å². The average Bonchev–Trinajstić information content (AvgIpc) is 2.76. The molecule has 1 aromatic heterocycles. The van der Waals surface area contributed by atoms with Crippen molar-refractivity contribution in [2.24, 2.45) is 7.05 Å². The molecule has 0 aliphatic heterocycles. The van der Waals surface area contributed by atoms with Crippen LogP contribution in [0.5, 0.6) is 0 Å². The zero-order chi connectivity index (χ0) is 14.8. The summed E-state index contributed by atoms with van der Waals surface area (Å²) in [5, 5.41) is 4.11. The van der Waals surface area contributed by atoms with Crippen molar-refractivity contribution in [3.63, 3.8) is 0 Å². The fourth-order valence-corrected chi connectivity index (χ4v) is 3.76. The lowest BCUT2D eigenvalue weighted by Gasteiger charge is -2.20. The van der Waals surface area contributed by atoms with Gasteiger partial charge in [-0.05, 0) is 12.5 Å². The van der Waals surface area contributed by atoms with Crippen molar-refractivity contribution >= 4 is 10.0 Å². The van der Waals surface area contributed by atoms with Gasteiger partial charge in [0.15, 0.2) is 0 Å². The first-order chi connectivity index (χ1) is 9.45. The summed E-state index contributed by atoms with van der Waals surface area (Å²) in [6, 6.07) is 9.58. The fourth-order valence-electron chi connectivity index (χ4n) is 2.12. The van der Waals surface area contributed by atoms with Crippen molar-refractivity contribution in [2.75, 3.05) is 6.54 Å². The third-order valence-electron chi connectivity index (χ3n) is 3.14. The topological polar surface area (TPSA) is 55.2 Å². The maximum absolute atomic E-state index is 12.7. The first kappa shape index (κ1) is 14.7. The van der Waals surface area contributed by atoms with Crippen LogP contribution in [0.4, 0.5) is 0 Å². The van der Waals surface area contributed by atoms with Crippen LogP contribution in [0.25, 0.3) is 0 Å². The van der Waals surface area contributed by atoms with Gasteiger partial charge in [-0.3, -0.25) is 4.68 Å². The van der Waals surface area contributed by atoms with Gasteiger partial charge >= 0.3 is 0 Å². The van der Waals surface area contributed by atoms with Crippen LogP contribution in [0.2, 0.25) is 0 Å². The smallest absolute Gasteiger partial charge is 0.246 e. The lowest BCUT2D eigenvalue weighted by atomic mass is 10.2. The van der Waals surface area contributed by atoms with Crippen LogP contribution in [0.3, 0.4) is 0 Å². The molecule has 0 atom stereocenters. The van der Waals surface area contributed by atoms with Gasteiger partial charge in [0.05, 0.1) is 5.69 Å². The quantitative estimate of drug-likeness (QED) is 0.846. The zero-order valence-electron chi connectivity index (χ0n) is 11.9. The molecule has 0 saturated carbocycles. The van der Waals surface area contributed by atoms with Gasteiger partial charge in [0, 0.05) is 26.3 Å². The van der Waals surface area contributed by atoms with Crippen LogP contribution in [0.15, 0.2) is 41.4 Å². The second-order valence-electron chi connectivity index (χ2n) is 4.67. The number of sulfonamides is 1. The molecule has 6 heteroatoms. The Kier molecular flexibility index (Phi) is 4.25. The second kappa shape index (κ2) is 5.76. The van der Waals surface area contributed by atoms with E-state index in [1.165, 1.54) is 8.99 Å². The standard InChI is InChI=1S/C14H19N3O2S/c1-4-17(10-13-8-6-5-7-9-13)20(18,19)14-11-16(3)15-12(14)2/h5-9,11H,4,10H2,1-3H3. The summed E-state index contributed by atoms with van der Waals surface area (Å²) >= 11 is 0. The molecule has 0 aliphatic carbocycles. The molecule has 2 aromatic rings. The number of hydrogen-bond acceptors (Lipinski definition) is 3. The number of nitrogens with zero attached hydrogens (tertiary/aromatic N) is 3. The second-order valence-corrected chi connectivity index (χ2v) is 6.58. The molecule has 0 amide bonds. The van der Waals surface area contributed by atoms with E-state index < -0.39 is 10.0 Å². The maximum atomic E-state index is 12.7. The van der Waals surface area contributed by atoms with E-state index in [1.54, 1.807) is 20.2 Å². The van der Waals surface area contributed by atoms with E-state index in [1.807, 2.05) is 37.3 Å². The maximum Gasteiger partial charge on any atom is 0.246 e. The molecule has 108 valence electrons. The van der Waals surface area contributed by atoms with Crippen molar-refractivity contribution in [1.82, 2.24) is 14.1 Å². The Labute approximate surface area is 119 Å². The summed E-state index contributed by atoms with van der Waals surface area (Å²) in [5.41, 5.74) is 1.50. The largest absolute Gasteiger partial charge is 0.274 e. The first-order valence-electron chi connectivity index (χ1n) is 6.49. The van der Waals surface area contributed by atoms with Gasteiger partial charge < -0.3 is 0 Å². The van der Waals surface area contributed by atoms with Gasteiger partial charge in [0.25, 0.3) is 0 Å². The van der Waals surface area contributed by atoms with Crippen LogP contribution in [0, 0.1) is 6.92 Å². The van der Waals surface area contributed by atoms with Gasteiger partial charge in [0.2, 0.25) is 10.0 Å². The van der Waals surface area contributed by atoms with E-state index in [2.05, 4.69) is 5.10 Å². The molecule has 1 heterocycles. The van der Waals surface area contributed by atoms with Gasteiger partial charge in [0.1, 0.15) is 4.90 Å². The number of rotatable bonds is 5. The third kappa shape index (κ3) is 2.91. The number of hydrogen-bond donors (Lipinski definition) is 0. The Morgan fingerprint density at radius 2 is 1.90 bits per heavy atom. The summed E-state index contributed by atoms with van der Waals surface area (Å²) in [4.78, 5) is 0.276. The van der Waals surface area contributed by atoms with E-state index in [0.29, 0.717) is 18.8 Å². The molecular weight excluding hydrogens is 274 g/mol. The molecule has 1 aromatic carbocycles. The molecule has 20 heavy (non-hydrogen) atoms. The average molecular weight is 293 g/mol. The first-order valence-corrected chi connectivity index (χ1v) is 7.93. The summed E-state index contributed by atoms with van der Waals surface area (Å²) in [6.45, 7) is 4.34. The SMILES string of the molecule is CCN(Cc1ccccc1)S(=O)(=O)c1cn(C)nc1C. The Hall–Kier alpha value is -1.66. The summed E-state index contributed by atoms with van der Waals surface area (Å²) in [7, 11) is -1.79. The highest BCUT2D eigenvalue weighted by Crippen LogP contribution is 2.20. The molecule has 0 radical (unpaired) electrons. The van der Waals surface area contributed by atoms with Crippen molar-refractivity contribution < 1.29 is 8.42 Å². The van der Waals surface area contributed by atoms with Crippen molar-refractivity contribution in [1.29, 1.82) is 0 Å². The fraction of sp³-hybridized carbons (Fsp3) is 0.357. The molecule has 0 unspecified atom stereocenters. The van der Waals surface area contributed by atoms with E-state index in [9.17, 15) is 8.42 Å². The van der Waals surface area contributed by atoms with Gasteiger partial charge in [-0.1, -0.05) is 37.3 Å². The summed E-state index contributed by atoms with van der Waals surface area (Å²) < 4.78 is 28.3. The summed E-state index contributed by atoms with van der Waals surface area (Å²) in [5.74, 6) is 0. The minimum Gasteiger partial charge on any atom is -0.274 e. The molecule has 0 bridgehead atoms. The third-order valence-corrected chi connectivity index (χ3v) is 5.16. The minimum absolute atomic E-state index is 0.276. The Balaban J connectivity index is 2.33. The molecule has 0 aliphatic rings. The zero-order valence-corrected chi connectivity index (χ0v) is 12.8. The van der Waals surface area contributed by atoms with Crippen molar-refractivity contribution in [3.8, 4) is 0 Å². The predicted octanol–water partition coefficient (Wildman–Crippen LogP) is 1.94. The Morgan fingerprint density at radius 3 is 2.40 bits per heavy atom. The van der Waals surface area contributed by atoms with Crippen molar-refractivity contribution in [2.45, 2.75) is 25.3 Å². The predicted molar refractivity (Wildman–Crippen MR) is 77.7 cm³/mol. The lowest BCUT2D eigenvalue weighted by molar-refractivity contribution is 0.423. The Bertz CT molecular complexity index is 678. The van der Waals surface area contributed by atoms with Crippen LogP contribution >= 0.6 is 0 Å². The monoisotopic (exact) mass is 293 g/mol. The molecule has 0 saturated heterocycles. The van der Waals surface area contributed by atoms with Crippen LogP contribution < -0.4 is 0 Å². The lowest BCUT2D eigenvalue weighted by Crippen LogP contribution is -2.30. The van der Waals surface area contributed by atoms with E-state index in [-0.39, 0.29) is 4.90 Å². The molecule has 2 rings (SSSR count). The summed E-state index contributed by atoms with van der Waals surface area (Å²) in [6.07, 6.45) is 1.55. The number of benzene rings is 1. The molecule has 0 fully saturated rings. The van der Waals surface area contributed by atoms with Crippen LogP contribution in [-0.4, -0.2) is 29.0 Å². The number of aromatic nitrogens is 2. The normalized spacial score (nSPS) is 12.0. The number of aryl methyl sites for hydroxylation is 2. The molecule has 5 nitrogen and oxygen atoms in total. The van der Waals surface area contributed by atoms with Crippen LogP contribution in [-0.2, 0) is 23.6 Å². The molecule has 0 spiro atoms. The van der Waals surface area contributed by atoms with Gasteiger partial charge in [-0.15, -0.1) is 0 Å². The van der Waals surface area contributed by atoms with Crippen LogP contribution in [0.1, 0.15) is 18.2 Å². The molecular formula is C14H19N3O2S.